The summed E-state index contributed by atoms with van der Waals surface area (Å²) in [5.74, 6) is -0.333. The zero-order valence-corrected chi connectivity index (χ0v) is 18.3. The second kappa shape index (κ2) is 6.57. The quantitative estimate of drug-likeness (QED) is 0.720. The lowest BCUT2D eigenvalue weighted by atomic mass is 9.60. The number of aryl methyl sites for hydroxylation is 1. The van der Waals surface area contributed by atoms with Gasteiger partial charge in [0, 0.05) is 34.6 Å². The normalized spacial score (nSPS) is 23.8. The molecule has 2 heterocycles. The van der Waals surface area contributed by atoms with E-state index in [1.165, 1.54) is 0 Å². The van der Waals surface area contributed by atoms with Crippen LogP contribution in [0.25, 0.3) is 0 Å². The zero-order valence-electron chi connectivity index (χ0n) is 18.3. The van der Waals surface area contributed by atoms with Gasteiger partial charge in [-0.3, -0.25) is 14.5 Å². The van der Waals surface area contributed by atoms with Crippen LogP contribution in [0.15, 0.2) is 71.2 Å². The van der Waals surface area contributed by atoms with Crippen molar-refractivity contribution in [3.05, 3.63) is 82.3 Å². The average molecular weight is 425 g/mol. The summed E-state index contributed by atoms with van der Waals surface area (Å²) >= 11 is 0. The fraction of sp³-hybridized carbons (Fsp3) is 0.269. The third-order valence-corrected chi connectivity index (χ3v) is 6.66. The van der Waals surface area contributed by atoms with Crippen LogP contribution in [0.3, 0.4) is 0 Å². The van der Waals surface area contributed by atoms with Gasteiger partial charge in [-0.05, 0) is 37.0 Å². The maximum Gasteiger partial charge on any atom is 0.245 e. The maximum absolute atomic E-state index is 13.8. The number of Topliss-reactive ketones (excluding diaryl/α,β-unsaturated/α-hetero) is 1. The molecule has 160 valence electrons. The third kappa shape index (κ3) is 2.51. The Morgan fingerprint density at radius 1 is 1.09 bits per heavy atom. The number of anilines is 2. The van der Waals surface area contributed by atoms with Crippen LogP contribution < -0.4 is 16.0 Å². The van der Waals surface area contributed by atoms with Crippen LogP contribution in [0.1, 0.15) is 37.8 Å². The van der Waals surface area contributed by atoms with Gasteiger partial charge < -0.3 is 11.1 Å². The van der Waals surface area contributed by atoms with E-state index in [0.29, 0.717) is 35.4 Å². The Kier molecular flexibility index (Phi) is 4.12. The largest absolute Gasteiger partial charge is 0.384 e. The van der Waals surface area contributed by atoms with Crippen LogP contribution in [-0.2, 0) is 15.0 Å². The summed E-state index contributed by atoms with van der Waals surface area (Å²) in [7, 11) is 0. The number of benzene rings is 2. The SMILES string of the molecule is Cc1ccc2c(c1)[C@@]1(C(=O)N2)C(C#N)=C(N)N(c2ccccc2)C2=C1C(=O)CC(C)(C)C2. The standard InChI is InChI=1S/C26H24N4O2/c1-15-9-10-19-17(11-15)26(24(32)29-19)18(14-27)23(28)30(16-7-5-4-6-8-16)20-12-25(2,3)13-21(31)22(20)26/h4-11H,12-13,28H2,1-3H3,(H,29,32)/t26-/m1/s1. The van der Waals surface area contributed by atoms with Gasteiger partial charge >= 0.3 is 0 Å². The number of nitriles is 1. The van der Waals surface area contributed by atoms with Gasteiger partial charge in [-0.25, -0.2) is 0 Å². The van der Waals surface area contributed by atoms with Gasteiger partial charge in [0.2, 0.25) is 5.91 Å². The highest BCUT2D eigenvalue weighted by Crippen LogP contribution is 2.57. The van der Waals surface area contributed by atoms with Gasteiger partial charge in [-0.2, -0.15) is 5.26 Å². The Balaban J connectivity index is 1.92. The van der Waals surface area contributed by atoms with E-state index in [4.69, 9.17) is 5.73 Å². The van der Waals surface area contributed by atoms with Crippen LogP contribution in [-0.4, -0.2) is 11.7 Å². The van der Waals surface area contributed by atoms with Crippen LogP contribution >= 0.6 is 0 Å². The Hall–Kier alpha value is -3.85. The van der Waals surface area contributed by atoms with Crippen LogP contribution in [0.4, 0.5) is 11.4 Å². The molecule has 1 spiro atoms. The number of hydrogen-bond acceptors (Lipinski definition) is 5. The lowest BCUT2D eigenvalue weighted by Gasteiger charge is -2.46. The van der Waals surface area contributed by atoms with Gasteiger partial charge in [0.1, 0.15) is 17.3 Å². The molecule has 0 saturated heterocycles. The number of para-hydroxylation sites is 1. The number of carbonyl (C=O) groups excluding carboxylic acids is 2. The van der Waals surface area contributed by atoms with Crippen molar-refractivity contribution in [3.63, 3.8) is 0 Å². The molecule has 6 nitrogen and oxygen atoms in total. The Morgan fingerprint density at radius 3 is 2.50 bits per heavy atom. The number of hydrogen-bond donors (Lipinski definition) is 2. The second-order valence-corrected chi connectivity index (χ2v) is 9.56. The minimum Gasteiger partial charge on any atom is -0.384 e. The molecule has 1 atom stereocenters. The first-order valence-corrected chi connectivity index (χ1v) is 10.7. The van der Waals surface area contributed by atoms with Gasteiger partial charge in [-0.1, -0.05) is 49.7 Å². The van der Waals surface area contributed by atoms with Gasteiger partial charge in [0.25, 0.3) is 0 Å². The van der Waals surface area contributed by atoms with Crippen molar-refractivity contribution >= 4 is 23.1 Å². The van der Waals surface area contributed by atoms with Crippen molar-refractivity contribution in [3.8, 4) is 6.07 Å². The van der Waals surface area contributed by atoms with E-state index in [2.05, 4.69) is 11.4 Å². The summed E-state index contributed by atoms with van der Waals surface area (Å²) in [5, 5.41) is 13.2. The molecular formula is C26H24N4O2. The van der Waals surface area contributed by atoms with E-state index in [-0.39, 0.29) is 22.6 Å². The van der Waals surface area contributed by atoms with Crippen molar-refractivity contribution in [1.29, 1.82) is 5.26 Å². The van der Waals surface area contributed by atoms with Crippen molar-refractivity contribution in [2.75, 3.05) is 10.2 Å². The highest BCUT2D eigenvalue weighted by atomic mass is 16.2. The zero-order chi connectivity index (χ0) is 22.8. The fourth-order valence-electron chi connectivity index (χ4n) is 5.40. The molecule has 0 saturated carbocycles. The Bertz CT molecular complexity index is 1300. The average Bonchev–Trinajstić information content (AvgIpc) is 3.00. The monoisotopic (exact) mass is 424 g/mol. The molecule has 2 aromatic carbocycles. The summed E-state index contributed by atoms with van der Waals surface area (Å²) in [6, 6.07) is 17.3. The molecule has 3 N–H and O–H groups in total. The van der Waals surface area contributed by atoms with Crippen molar-refractivity contribution < 1.29 is 9.59 Å². The van der Waals surface area contributed by atoms with E-state index >= 15 is 0 Å². The summed E-state index contributed by atoms with van der Waals surface area (Å²) in [6.45, 7) is 6.00. The first-order valence-electron chi connectivity index (χ1n) is 10.7. The van der Waals surface area contributed by atoms with Crippen molar-refractivity contribution in [1.82, 2.24) is 0 Å². The molecule has 0 bridgehead atoms. The van der Waals surface area contributed by atoms with Gasteiger partial charge in [0.15, 0.2) is 5.78 Å². The maximum atomic E-state index is 13.8. The van der Waals surface area contributed by atoms with E-state index in [9.17, 15) is 14.9 Å². The number of amides is 1. The minimum atomic E-state index is -1.53. The molecule has 3 aliphatic rings. The van der Waals surface area contributed by atoms with Crippen LogP contribution in [0.2, 0.25) is 0 Å². The summed E-state index contributed by atoms with van der Waals surface area (Å²) < 4.78 is 0. The summed E-state index contributed by atoms with van der Waals surface area (Å²) in [4.78, 5) is 29.2. The molecule has 2 aromatic rings. The molecular weight excluding hydrogens is 400 g/mol. The number of nitrogens with one attached hydrogen (secondary N) is 1. The molecule has 0 unspecified atom stereocenters. The van der Waals surface area contributed by atoms with E-state index in [0.717, 1.165) is 11.3 Å². The molecule has 6 heteroatoms. The first kappa shape index (κ1) is 20.1. The smallest absolute Gasteiger partial charge is 0.245 e. The lowest BCUT2D eigenvalue weighted by Crippen LogP contribution is -2.52. The molecule has 5 rings (SSSR count). The van der Waals surface area contributed by atoms with Crippen molar-refractivity contribution in [2.45, 2.75) is 39.0 Å². The Morgan fingerprint density at radius 2 is 1.81 bits per heavy atom. The van der Waals surface area contributed by atoms with E-state index < -0.39 is 11.3 Å². The number of allylic oxidation sites excluding steroid dienone is 1. The van der Waals surface area contributed by atoms with Crippen molar-refractivity contribution in [2.24, 2.45) is 11.1 Å². The second-order valence-electron chi connectivity index (χ2n) is 9.56. The van der Waals surface area contributed by atoms with E-state index in [1.54, 1.807) is 4.90 Å². The third-order valence-electron chi connectivity index (χ3n) is 6.66. The van der Waals surface area contributed by atoms with Gasteiger partial charge in [0.05, 0.1) is 5.57 Å². The Labute approximate surface area is 187 Å². The number of fused-ring (bicyclic) bond motifs is 3. The lowest BCUT2D eigenvalue weighted by molar-refractivity contribution is -0.123. The van der Waals surface area contributed by atoms with E-state index in [1.807, 2.05) is 69.3 Å². The molecule has 1 amide bonds. The fourth-order valence-corrected chi connectivity index (χ4v) is 5.40. The molecule has 2 aliphatic heterocycles. The molecule has 0 radical (unpaired) electrons. The number of rotatable bonds is 1. The molecule has 0 aromatic heterocycles. The minimum absolute atomic E-state index is 0.0926. The highest BCUT2D eigenvalue weighted by Gasteiger charge is 2.61. The highest BCUT2D eigenvalue weighted by molar-refractivity contribution is 6.20. The van der Waals surface area contributed by atoms with Crippen LogP contribution in [0, 0.1) is 23.7 Å². The number of nitrogens with zero attached hydrogens (tertiary/aromatic N) is 2. The predicted octanol–water partition coefficient (Wildman–Crippen LogP) is 4.04. The van der Waals surface area contributed by atoms with Crippen LogP contribution in [0.5, 0.6) is 0 Å². The number of ketones is 1. The number of nitrogens with two attached hydrogens (primary N) is 1. The molecule has 0 fully saturated rings. The predicted molar refractivity (Wildman–Crippen MR) is 122 cm³/mol. The first-order chi connectivity index (χ1) is 15.2. The molecule has 32 heavy (non-hydrogen) atoms. The van der Waals surface area contributed by atoms with Gasteiger partial charge in [-0.15, -0.1) is 0 Å². The summed E-state index contributed by atoms with van der Waals surface area (Å²) in [5.41, 5.74) is 8.92. The summed E-state index contributed by atoms with van der Waals surface area (Å²) in [6.07, 6.45) is 0.849. The molecule has 1 aliphatic carbocycles. The topological polar surface area (TPSA) is 99.2 Å². The number of carbonyl (C=O) groups is 2.